The van der Waals surface area contributed by atoms with Crippen LogP contribution >= 0.6 is 0 Å². The summed E-state index contributed by atoms with van der Waals surface area (Å²) in [5, 5.41) is 5.02. The fraction of sp³-hybridized carbons (Fsp3) is 0.438. The molecule has 2 aliphatic rings. The van der Waals surface area contributed by atoms with E-state index in [1.54, 1.807) is 27.7 Å². The van der Waals surface area contributed by atoms with Gasteiger partial charge in [0.1, 0.15) is 5.60 Å². The van der Waals surface area contributed by atoms with Crippen LogP contribution in [0.25, 0.3) is 0 Å². The number of carbonyl (C=O) groups excluding carboxylic acids is 2. The topological polar surface area (TPSA) is 89.5 Å². The number of rotatable bonds is 2. The van der Waals surface area contributed by atoms with E-state index in [0.717, 1.165) is 5.01 Å². The summed E-state index contributed by atoms with van der Waals surface area (Å²) in [6.45, 7) is 6.90. The van der Waals surface area contributed by atoms with Crippen LogP contribution in [-0.4, -0.2) is 34.8 Å². The first-order chi connectivity index (χ1) is 11.2. The number of carbonyl (C=O) groups is 2. The van der Waals surface area contributed by atoms with Crippen molar-refractivity contribution < 1.29 is 23.9 Å². The molecule has 2 aliphatic heterocycles. The molecule has 1 fully saturated rings. The molecule has 0 spiro atoms. The Balaban J connectivity index is 1.99. The minimum Gasteiger partial charge on any atom is -0.443 e. The molecule has 24 heavy (non-hydrogen) atoms. The number of hydrogen-bond donors (Lipinski definition) is 1. The molecule has 1 N–H and O–H groups in total. The van der Waals surface area contributed by atoms with Crippen molar-refractivity contribution in [3.8, 4) is 0 Å². The van der Waals surface area contributed by atoms with Crippen molar-refractivity contribution in [2.75, 3.05) is 0 Å². The number of nitrogens with one attached hydrogen (secondary N) is 1. The SMILES string of the molecule is CC1=NO[C@H]2OC(=O)N(NC(=O)OC(C)(C)C)[C@@]12c1ccccc1. The molecule has 1 aromatic rings. The van der Waals surface area contributed by atoms with Crippen molar-refractivity contribution in [1.29, 1.82) is 0 Å². The highest BCUT2D eigenvalue weighted by Gasteiger charge is 2.64. The van der Waals surface area contributed by atoms with Gasteiger partial charge in [-0.3, -0.25) is 0 Å². The van der Waals surface area contributed by atoms with Crippen LogP contribution in [0.3, 0.4) is 0 Å². The zero-order chi connectivity index (χ0) is 17.5. The molecule has 0 aromatic heterocycles. The van der Waals surface area contributed by atoms with E-state index in [1.165, 1.54) is 0 Å². The standard InChI is InChI=1S/C16H19N3O5/c1-10-16(11-8-6-5-7-9-11)12(24-18-10)22-14(21)19(16)17-13(20)23-15(2,3)4/h5-9,12H,1-4H3,(H,17,20)/t12-,16-/m1/s1. The van der Waals surface area contributed by atoms with Gasteiger partial charge < -0.3 is 14.3 Å². The van der Waals surface area contributed by atoms with E-state index >= 15 is 0 Å². The Morgan fingerprint density at radius 3 is 2.62 bits per heavy atom. The lowest BCUT2D eigenvalue weighted by Gasteiger charge is -2.33. The normalized spacial score (nSPS) is 25.5. The summed E-state index contributed by atoms with van der Waals surface area (Å²) in [5.41, 5.74) is 1.78. The fourth-order valence-electron chi connectivity index (χ4n) is 2.80. The van der Waals surface area contributed by atoms with Crippen LogP contribution in [0.15, 0.2) is 35.5 Å². The average molecular weight is 333 g/mol. The van der Waals surface area contributed by atoms with Crippen LogP contribution in [0.5, 0.6) is 0 Å². The maximum atomic E-state index is 12.3. The highest BCUT2D eigenvalue weighted by atomic mass is 16.8. The Labute approximate surface area is 139 Å². The lowest BCUT2D eigenvalue weighted by molar-refractivity contribution is -0.0920. The van der Waals surface area contributed by atoms with Gasteiger partial charge in [0, 0.05) is 0 Å². The first-order valence-electron chi connectivity index (χ1n) is 7.52. The maximum Gasteiger partial charge on any atom is 0.433 e. The molecule has 3 rings (SSSR count). The van der Waals surface area contributed by atoms with E-state index in [-0.39, 0.29) is 0 Å². The molecule has 1 aromatic carbocycles. The third-order valence-electron chi connectivity index (χ3n) is 3.74. The molecule has 2 atom stereocenters. The third-order valence-corrected chi connectivity index (χ3v) is 3.74. The highest BCUT2D eigenvalue weighted by molar-refractivity contribution is 5.98. The van der Waals surface area contributed by atoms with Gasteiger partial charge in [-0.15, -0.1) is 0 Å². The van der Waals surface area contributed by atoms with Crippen molar-refractivity contribution in [3.63, 3.8) is 0 Å². The van der Waals surface area contributed by atoms with Gasteiger partial charge in [-0.05, 0) is 33.3 Å². The molecule has 8 nitrogen and oxygen atoms in total. The second-order valence-corrected chi connectivity index (χ2v) is 6.58. The van der Waals surface area contributed by atoms with Gasteiger partial charge in [0.15, 0.2) is 0 Å². The number of amides is 2. The van der Waals surface area contributed by atoms with Crippen LogP contribution in [0.4, 0.5) is 9.59 Å². The molecule has 0 radical (unpaired) electrons. The van der Waals surface area contributed by atoms with Gasteiger partial charge in [-0.1, -0.05) is 35.5 Å². The largest absolute Gasteiger partial charge is 0.443 e. The summed E-state index contributed by atoms with van der Waals surface area (Å²) in [6.07, 6.45) is -2.50. The quantitative estimate of drug-likeness (QED) is 0.898. The summed E-state index contributed by atoms with van der Waals surface area (Å²) in [4.78, 5) is 29.7. The van der Waals surface area contributed by atoms with Crippen LogP contribution in [-0.2, 0) is 19.9 Å². The van der Waals surface area contributed by atoms with Crippen molar-refractivity contribution in [2.45, 2.75) is 45.1 Å². The van der Waals surface area contributed by atoms with Gasteiger partial charge in [0.25, 0.3) is 0 Å². The van der Waals surface area contributed by atoms with E-state index in [4.69, 9.17) is 14.3 Å². The minimum absolute atomic E-state index is 0.487. The summed E-state index contributed by atoms with van der Waals surface area (Å²) < 4.78 is 10.5. The summed E-state index contributed by atoms with van der Waals surface area (Å²) in [6, 6.07) is 9.11. The van der Waals surface area contributed by atoms with E-state index in [9.17, 15) is 9.59 Å². The van der Waals surface area contributed by atoms with Gasteiger partial charge in [-0.25, -0.2) is 15.0 Å². The van der Waals surface area contributed by atoms with Crippen molar-refractivity contribution in [2.24, 2.45) is 5.16 Å². The first-order valence-corrected chi connectivity index (χ1v) is 7.52. The van der Waals surface area contributed by atoms with Gasteiger partial charge in [0.05, 0.1) is 5.71 Å². The van der Waals surface area contributed by atoms with Crippen LogP contribution in [0.2, 0.25) is 0 Å². The second-order valence-electron chi connectivity index (χ2n) is 6.58. The Kier molecular flexibility index (Phi) is 3.62. The molecule has 0 unspecified atom stereocenters. The van der Waals surface area contributed by atoms with Gasteiger partial charge in [0.2, 0.25) is 5.54 Å². The Bertz CT molecular complexity index is 697. The van der Waals surface area contributed by atoms with Crippen LogP contribution in [0, 0.1) is 0 Å². The molecule has 2 amide bonds. The number of ether oxygens (including phenoxy) is 2. The fourth-order valence-corrected chi connectivity index (χ4v) is 2.80. The van der Waals surface area contributed by atoms with E-state index in [2.05, 4.69) is 10.6 Å². The van der Waals surface area contributed by atoms with Crippen molar-refractivity contribution in [1.82, 2.24) is 10.4 Å². The molecular weight excluding hydrogens is 314 g/mol. The molecule has 128 valence electrons. The van der Waals surface area contributed by atoms with Crippen molar-refractivity contribution >= 4 is 17.9 Å². The summed E-state index contributed by atoms with van der Waals surface area (Å²) in [5.74, 6) is 0. The number of hydrogen-bond acceptors (Lipinski definition) is 6. The van der Waals surface area contributed by atoms with E-state index in [1.807, 2.05) is 30.3 Å². The summed E-state index contributed by atoms with van der Waals surface area (Å²) >= 11 is 0. The molecule has 0 saturated carbocycles. The monoisotopic (exact) mass is 333 g/mol. The number of fused-ring (bicyclic) bond motifs is 1. The lowest BCUT2D eigenvalue weighted by atomic mass is 9.85. The Morgan fingerprint density at radius 2 is 2.00 bits per heavy atom. The second kappa shape index (κ2) is 5.40. The van der Waals surface area contributed by atoms with Crippen LogP contribution < -0.4 is 5.43 Å². The molecule has 0 bridgehead atoms. The average Bonchev–Trinajstić information content (AvgIpc) is 2.95. The van der Waals surface area contributed by atoms with Crippen molar-refractivity contribution in [3.05, 3.63) is 35.9 Å². The van der Waals surface area contributed by atoms with Gasteiger partial charge in [-0.2, -0.15) is 5.01 Å². The molecule has 1 saturated heterocycles. The number of benzene rings is 1. The molecule has 2 heterocycles. The minimum atomic E-state index is -1.17. The van der Waals surface area contributed by atoms with E-state index < -0.39 is 29.6 Å². The maximum absolute atomic E-state index is 12.3. The Morgan fingerprint density at radius 1 is 1.33 bits per heavy atom. The Hall–Kier alpha value is -2.77. The predicted octanol–water partition coefficient (Wildman–Crippen LogP) is 2.51. The number of oxime groups is 1. The highest BCUT2D eigenvalue weighted by Crippen LogP contribution is 2.44. The van der Waals surface area contributed by atoms with Crippen LogP contribution in [0.1, 0.15) is 33.3 Å². The summed E-state index contributed by atoms with van der Waals surface area (Å²) in [7, 11) is 0. The lowest BCUT2D eigenvalue weighted by Crippen LogP contribution is -2.59. The first kappa shape index (κ1) is 16.1. The molecule has 8 heteroatoms. The smallest absolute Gasteiger partial charge is 0.433 e. The third kappa shape index (κ3) is 2.44. The predicted molar refractivity (Wildman–Crippen MR) is 83.8 cm³/mol. The number of nitrogens with zero attached hydrogens (tertiary/aromatic N) is 2. The molecule has 0 aliphatic carbocycles. The zero-order valence-electron chi connectivity index (χ0n) is 13.9. The van der Waals surface area contributed by atoms with E-state index in [0.29, 0.717) is 11.3 Å². The molecular formula is C16H19N3O5. The number of hydrazine groups is 1. The van der Waals surface area contributed by atoms with Gasteiger partial charge >= 0.3 is 18.5 Å². The zero-order valence-corrected chi connectivity index (χ0v) is 13.9.